The van der Waals surface area contributed by atoms with Gasteiger partial charge in [-0.1, -0.05) is 24.3 Å². The van der Waals surface area contributed by atoms with Crippen molar-refractivity contribution in [3.05, 3.63) is 35.4 Å². The molecule has 10 heavy (non-hydrogen) atoms. The lowest BCUT2D eigenvalue weighted by atomic mass is 9.89. The van der Waals surface area contributed by atoms with Crippen LogP contribution < -0.4 is 5.90 Å². The van der Waals surface area contributed by atoms with E-state index in [1.54, 1.807) is 11.1 Å². The minimum Gasteiger partial charge on any atom is -0.320 e. The first-order chi connectivity index (χ1) is 4.97. The van der Waals surface area contributed by atoms with Crippen molar-refractivity contribution in [2.75, 3.05) is 0 Å². The number of rotatable bonds is 0. The third-order valence-corrected chi connectivity index (χ3v) is 1.78. The van der Waals surface area contributed by atoms with Crippen LogP contribution in [0.15, 0.2) is 24.3 Å². The molecule has 3 N–H and O–H groups in total. The van der Waals surface area contributed by atoms with E-state index in [1.807, 2.05) is 0 Å². The second kappa shape index (κ2) is 3.34. The second-order valence-electron chi connectivity index (χ2n) is 2.27. The zero-order valence-electron chi connectivity index (χ0n) is 5.75. The summed E-state index contributed by atoms with van der Waals surface area (Å²) in [6.45, 7) is 0. The minimum atomic E-state index is 1.30. The van der Waals surface area contributed by atoms with Crippen LogP contribution in [0, 0.1) is 0 Å². The number of aryl methyl sites for hydroxylation is 2. The van der Waals surface area contributed by atoms with E-state index in [-0.39, 0.29) is 0 Å². The number of hydrogen-bond donors (Lipinski definition) is 2. The van der Waals surface area contributed by atoms with E-state index in [2.05, 4.69) is 30.2 Å². The van der Waals surface area contributed by atoms with Crippen LogP contribution in [0.5, 0.6) is 0 Å². The molecule has 0 unspecified atom stereocenters. The van der Waals surface area contributed by atoms with Crippen LogP contribution in [0.3, 0.4) is 0 Å². The molecule has 1 aromatic rings. The van der Waals surface area contributed by atoms with E-state index in [0.29, 0.717) is 0 Å². The van der Waals surface area contributed by atoms with Gasteiger partial charge in [-0.2, -0.15) is 0 Å². The van der Waals surface area contributed by atoms with Gasteiger partial charge in [0, 0.05) is 0 Å². The van der Waals surface area contributed by atoms with E-state index < -0.39 is 0 Å². The maximum atomic E-state index is 6.50. The fraction of sp³-hybridized carbons (Fsp3) is 0.250. The van der Waals surface area contributed by atoms with Crippen molar-refractivity contribution in [2.24, 2.45) is 5.90 Å². The van der Waals surface area contributed by atoms with Gasteiger partial charge in [0.15, 0.2) is 0 Å². The van der Waals surface area contributed by atoms with Gasteiger partial charge in [0.25, 0.3) is 0 Å². The molecule has 2 nitrogen and oxygen atoms in total. The highest BCUT2D eigenvalue weighted by Crippen LogP contribution is 2.20. The topological polar surface area (TPSA) is 46.2 Å². The molecule has 0 fully saturated rings. The molecule has 0 radical (unpaired) electrons. The Hall–Kier alpha value is -0.860. The van der Waals surface area contributed by atoms with Crippen molar-refractivity contribution < 1.29 is 5.21 Å². The summed E-state index contributed by atoms with van der Waals surface area (Å²) in [6.07, 6.45) is 2.60. The minimum absolute atomic E-state index is 1.30. The Kier molecular flexibility index (Phi) is 2.42. The predicted octanol–water partition coefficient (Wildman–Crippen LogP) is 1.12. The summed E-state index contributed by atoms with van der Waals surface area (Å²) in [5, 5.41) is 6.50. The van der Waals surface area contributed by atoms with Gasteiger partial charge in [-0.15, -0.1) is 0 Å². The molecule has 2 heteroatoms. The number of fused-ring (bicyclic) bond motifs is 1. The molecule has 0 atom stereocenters. The van der Waals surface area contributed by atoms with Gasteiger partial charge in [0.2, 0.25) is 0 Å². The molecule has 1 aliphatic rings. The van der Waals surface area contributed by atoms with Crippen LogP contribution in [0.1, 0.15) is 11.1 Å². The Balaban J connectivity index is 0.000000231. The second-order valence-corrected chi connectivity index (χ2v) is 2.27. The maximum Gasteiger partial charge on any atom is -0.0235 e. The molecular formula is C8H11NO. The fourth-order valence-electron chi connectivity index (χ4n) is 1.14. The summed E-state index contributed by atoms with van der Waals surface area (Å²) in [7, 11) is 0. The number of nitrogens with two attached hydrogens (primary N) is 1. The zero-order chi connectivity index (χ0) is 7.40. The Bertz CT molecular complexity index is 187. The lowest BCUT2D eigenvalue weighted by Gasteiger charge is -2.16. The first kappa shape index (κ1) is 7.25. The van der Waals surface area contributed by atoms with Crippen LogP contribution in [0.4, 0.5) is 0 Å². The van der Waals surface area contributed by atoms with Gasteiger partial charge in [-0.3, -0.25) is 0 Å². The van der Waals surface area contributed by atoms with Gasteiger partial charge < -0.3 is 5.21 Å². The third kappa shape index (κ3) is 1.17. The van der Waals surface area contributed by atoms with E-state index in [9.17, 15) is 0 Å². The first-order valence-electron chi connectivity index (χ1n) is 3.29. The lowest BCUT2D eigenvalue weighted by Crippen LogP contribution is -2.06. The molecule has 1 aliphatic carbocycles. The SMILES string of the molecule is NO.c1ccc2c(c1)CC2. The van der Waals surface area contributed by atoms with Gasteiger partial charge in [0.1, 0.15) is 0 Å². The fourth-order valence-corrected chi connectivity index (χ4v) is 1.14. The van der Waals surface area contributed by atoms with E-state index in [0.717, 1.165) is 0 Å². The summed E-state index contributed by atoms with van der Waals surface area (Å²) in [5.41, 5.74) is 3.10. The van der Waals surface area contributed by atoms with Gasteiger partial charge >= 0.3 is 0 Å². The zero-order valence-corrected chi connectivity index (χ0v) is 5.75. The molecule has 0 saturated heterocycles. The summed E-state index contributed by atoms with van der Waals surface area (Å²) in [4.78, 5) is 0. The summed E-state index contributed by atoms with van der Waals surface area (Å²) < 4.78 is 0. The standard InChI is InChI=1S/C8H8.H3NO/c1-2-4-8-6-5-7(8)3-1;1-2/h1-4H,5-6H2;2H,1H2. The van der Waals surface area contributed by atoms with Crippen LogP contribution in [0.2, 0.25) is 0 Å². The average molecular weight is 137 g/mol. The normalized spacial score (nSPS) is 12.2. The molecular weight excluding hydrogens is 126 g/mol. The molecule has 2 rings (SSSR count). The lowest BCUT2D eigenvalue weighted by molar-refractivity contribution is 0.311. The smallest absolute Gasteiger partial charge is 0.0235 e. The Morgan fingerprint density at radius 2 is 1.40 bits per heavy atom. The van der Waals surface area contributed by atoms with Crippen molar-refractivity contribution >= 4 is 0 Å². The molecule has 0 saturated carbocycles. The maximum absolute atomic E-state index is 6.50. The number of benzene rings is 1. The van der Waals surface area contributed by atoms with Crippen LogP contribution in [-0.4, -0.2) is 5.21 Å². The molecule has 0 aliphatic heterocycles. The Morgan fingerprint density at radius 3 is 1.60 bits per heavy atom. The Morgan fingerprint density at radius 1 is 1.00 bits per heavy atom. The van der Waals surface area contributed by atoms with Crippen molar-refractivity contribution in [3.63, 3.8) is 0 Å². The predicted molar refractivity (Wildman–Crippen MR) is 39.8 cm³/mol. The van der Waals surface area contributed by atoms with Gasteiger partial charge in [-0.05, 0) is 24.0 Å². The summed E-state index contributed by atoms with van der Waals surface area (Å²) in [6, 6.07) is 8.63. The highest BCUT2D eigenvalue weighted by Gasteiger charge is 2.09. The number of hydrogen-bond acceptors (Lipinski definition) is 2. The summed E-state index contributed by atoms with van der Waals surface area (Å²) in [5.74, 6) is 3.50. The molecule has 0 aromatic heterocycles. The van der Waals surface area contributed by atoms with Crippen molar-refractivity contribution in [2.45, 2.75) is 12.8 Å². The van der Waals surface area contributed by atoms with Gasteiger partial charge in [-0.25, -0.2) is 5.90 Å². The summed E-state index contributed by atoms with van der Waals surface area (Å²) >= 11 is 0. The quantitative estimate of drug-likeness (QED) is 0.526. The van der Waals surface area contributed by atoms with Crippen LogP contribution in [-0.2, 0) is 12.8 Å². The molecule has 0 amide bonds. The molecule has 1 aromatic carbocycles. The third-order valence-electron chi connectivity index (χ3n) is 1.78. The highest BCUT2D eigenvalue weighted by molar-refractivity contribution is 5.34. The average Bonchev–Trinajstić information content (AvgIpc) is 1.96. The van der Waals surface area contributed by atoms with E-state index >= 15 is 0 Å². The Labute approximate surface area is 60.2 Å². The first-order valence-corrected chi connectivity index (χ1v) is 3.29. The monoisotopic (exact) mass is 137 g/mol. The van der Waals surface area contributed by atoms with E-state index in [4.69, 9.17) is 5.21 Å². The molecule has 0 bridgehead atoms. The molecule has 54 valence electrons. The van der Waals surface area contributed by atoms with Crippen molar-refractivity contribution in [1.29, 1.82) is 0 Å². The van der Waals surface area contributed by atoms with Gasteiger partial charge in [0.05, 0.1) is 0 Å². The van der Waals surface area contributed by atoms with Crippen LogP contribution in [0.25, 0.3) is 0 Å². The molecule has 0 heterocycles. The van der Waals surface area contributed by atoms with Crippen LogP contribution >= 0.6 is 0 Å². The highest BCUT2D eigenvalue weighted by atomic mass is 16.4. The largest absolute Gasteiger partial charge is 0.320 e. The van der Waals surface area contributed by atoms with Crippen molar-refractivity contribution in [1.82, 2.24) is 0 Å². The van der Waals surface area contributed by atoms with E-state index in [1.165, 1.54) is 12.8 Å². The molecule has 0 spiro atoms. The van der Waals surface area contributed by atoms with Crippen molar-refractivity contribution in [3.8, 4) is 0 Å².